The van der Waals surface area contributed by atoms with Gasteiger partial charge in [-0.2, -0.15) is 0 Å². The van der Waals surface area contributed by atoms with Gasteiger partial charge < -0.3 is 0 Å². The van der Waals surface area contributed by atoms with Crippen molar-refractivity contribution in [2.75, 3.05) is 0 Å². The van der Waals surface area contributed by atoms with E-state index in [2.05, 4.69) is 55.4 Å². The van der Waals surface area contributed by atoms with Crippen LogP contribution in [0.3, 0.4) is 0 Å². The standard InChI is InChI=1S/C15H30O/c1-11(2)14(5,6)9-13(16)10-15(7,8)12(3)4/h11-12H,9-10H2,1-8H3. The third-order valence-electron chi connectivity index (χ3n) is 4.43. The highest BCUT2D eigenvalue weighted by molar-refractivity contribution is 5.79. The number of Topliss-reactive ketones (excluding diaryl/α,β-unsaturated/α-hetero) is 1. The summed E-state index contributed by atoms with van der Waals surface area (Å²) in [6.07, 6.45) is 1.42. The largest absolute Gasteiger partial charge is 0.300 e. The first kappa shape index (κ1) is 15.7. The predicted molar refractivity (Wildman–Crippen MR) is 71.5 cm³/mol. The maximum absolute atomic E-state index is 12.1. The number of hydrogen-bond acceptors (Lipinski definition) is 1. The summed E-state index contributed by atoms with van der Waals surface area (Å²) in [7, 11) is 0. The maximum Gasteiger partial charge on any atom is 0.133 e. The van der Waals surface area contributed by atoms with Crippen LogP contribution in [0.4, 0.5) is 0 Å². The molecule has 0 saturated carbocycles. The topological polar surface area (TPSA) is 17.1 Å². The normalized spacial score (nSPS) is 13.6. The zero-order valence-electron chi connectivity index (χ0n) is 12.5. The first-order valence-corrected chi connectivity index (χ1v) is 6.51. The van der Waals surface area contributed by atoms with Crippen molar-refractivity contribution in [2.24, 2.45) is 22.7 Å². The molecule has 0 aliphatic carbocycles. The Morgan fingerprint density at radius 1 is 0.812 bits per heavy atom. The van der Waals surface area contributed by atoms with Gasteiger partial charge in [-0.15, -0.1) is 0 Å². The summed E-state index contributed by atoms with van der Waals surface area (Å²) in [6.45, 7) is 17.6. The smallest absolute Gasteiger partial charge is 0.133 e. The van der Waals surface area contributed by atoms with Crippen molar-refractivity contribution in [1.82, 2.24) is 0 Å². The molecular weight excluding hydrogens is 196 g/mol. The minimum absolute atomic E-state index is 0.129. The van der Waals surface area contributed by atoms with Crippen LogP contribution in [-0.2, 0) is 4.79 Å². The van der Waals surface area contributed by atoms with E-state index in [9.17, 15) is 4.79 Å². The molecule has 0 heterocycles. The van der Waals surface area contributed by atoms with Crippen molar-refractivity contribution in [1.29, 1.82) is 0 Å². The summed E-state index contributed by atoms with van der Waals surface area (Å²) >= 11 is 0. The Morgan fingerprint density at radius 3 is 1.25 bits per heavy atom. The monoisotopic (exact) mass is 226 g/mol. The van der Waals surface area contributed by atoms with Crippen molar-refractivity contribution in [3.05, 3.63) is 0 Å². The summed E-state index contributed by atoms with van der Waals surface area (Å²) in [6, 6.07) is 0. The Morgan fingerprint density at radius 2 is 1.06 bits per heavy atom. The Labute approximate surface area is 102 Å². The Kier molecular flexibility index (Phi) is 5.22. The number of hydrogen-bond donors (Lipinski definition) is 0. The average molecular weight is 226 g/mol. The van der Waals surface area contributed by atoms with Crippen LogP contribution in [-0.4, -0.2) is 5.78 Å². The van der Waals surface area contributed by atoms with Gasteiger partial charge in [-0.3, -0.25) is 4.79 Å². The van der Waals surface area contributed by atoms with Crippen LogP contribution in [0.5, 0.6) is 0 Å². The molecule has 0 aromatic rings. The second-order valence-electron chi connectivity index (χ2n) is 7.18. The number of carbonyl (C=O) groups excluding carboxylic acids is 1. The number of ketones is 1. The van der Waals surface area contributed by atoms with Crippen molar-refractivity contribution >= 4 is 5.78 Å². The van der Waals surface area contributed by atoms with Crippen LogP contribution in [0.25, 0.3) is 0 Å². The van der Waals surface area contributed by atoms with E-state index in [0.29, 0.717) is 30.5 Å². The van der Waals surface area contributed by atoms with Crippen LogP contribution < -0.4 is 0 Å². The summed E-state index contributed by atoms with van der Waals surface area (Å²) in [5, 5.41) is 0. The number of carbonyl (C=O) groups is 1. The van der Waals surface area contributed by atoms with Crippen molar-refractivity contribution in [3.63, 3.8) is 0 Å². The first-order valence-electron chi connectivity index (χ1n) is 6.51. The number of rotatable bonds is 6. The van der Waals surface area contributed by atoms with Crippen LogP contribution >= 0.6 is 0 Å². The Balaban J connectivity index is 4.41. The predicted octanol–water partition coefficient (Wildman–Crippen LogP) is 4.70. The van der Waals surface area contributed by atoms with E-state index < -0.39 is 0 Å². The average Bonchev–Trinajstić information content (AvgIpc) is 2.00. The van der Waals surface area contributed by atoms with Gasteiger partial charge in [0.25, 0.3) is 0 Å². The van der Waals surface area contributed by atoms with Crippen LogP contribution in [0.1, 0.15) is 68.2 Å². The second-order valence-corrected chi connectivity index (χ2v) is 7.18. The summed E-state index contributed by atoms with van der Waals surface area (Å²) in [5.74, 6) is 1.52. The molecule has 0 radical (unpaired) electrons. The van der Waals surface area contributed by atoms with Gasteiger partial charge in [-0.1, -0.05) is 55.4 Å². The van der Waals surface area contributed by atoms with Gasteiger partial charge in [0.1, 0.15) is 5.78 Å². The maximum atomic E-state index is 12.1. The highest BCUT2D eigenvalue weighted by Crippen LogP contribution is 2.35. The van der Waals surface area contributed by atoms with E-state index in [1.165, 1.54) is 0 Å². The molecule has 0 aromatic heterocycles. The summed E-state index contributed by atoms with van der Waals surface area (Å²) < 4.78 is 0. The van der Waals surface area contributed by atoms with Crippen molar-refractivity contribution in [2.45, 2.75) is 68.2 Å². The third-order valence-corrected chi connectivity index (χ3v) is 4.43. The Bertz CT molecular complexity index is 210. The minimum atomic E-state index is 0.129. The highest BCUT2D eigenvalue weighted by Gasteiger charge is 2.30. The Hall–Kier alpha value is -0.330. The van der Waals surface area contributed by atoms with Crippen LogP contribution in [0, 0.1) is 22.7 Å². The molecule has 0 aliphatic heterocycles. The zero-order chi connectivity index (χ0) is 13.1. The van der Waals surface area contributed by atoms with Gasteiger partial charge in [0.15, 0.2) is 0 Å². The molecule has 0 aromatic carbocycles. The van der Waals surface area contributed by atoms with Crippen LogP contribution in [0.15, 0.2) is 0 Å². The molecule has 0 saturated heterocycles. The fraction of sp³-hybridized carbons (Fsp3) is 0.933. The van der Waals surface area contributed by atoms with Gasteiger partial charge in [-0.25, -0.2) is 0 Å². The molecule has 0 atom stereocenters. The lowest BCUT2D eigenvalue weighted by atomic mass is 9.72. The molecule has 0 aliphatic rings. The quantitative estimate of drug-likeness (QED) is 0.641. The zero-order valence-corrected chi connectivity index (χ0v) is 12.5. The van der Waals surface area contributed by atoms with E-state index in [1.54, 1.807) is 0 Å². The second kappa shape index (κ2) is 5.33. The summed E-state index contributed by atoms with van der Waals surface area (Å²) in [4.78, 5) is 12.1. The molecule has 16 heavy (non-hydrogen) atoms. The molecule has 1 heteroatoms. The van der Waals surface area contributed by atoms with Crippen molar-refractivity contribution < 1.29 is 4.79 Å². The molecule has 0 N–H and O–H groups in total. The first-order chi connectivity index (χ1) is 6.99. The molecule has 0 amide bonds. The summed E-state index contributed by atoms with van der Waals surface area (Å²) in [5.41, 5.74) is 0.258. The van der Waals surface area contributed by atoms with Gasteiger partial charge in [0, 0.05) is 12.8 Å². The molecule has 0 fully saturated rings. The SMILES string of the molecule is CC(C)C(C)(C)CC(=O)CC(C)(C)C(C)C. The van der Waals surface area contributed by atoms with E-state index in [1.807, 2.05) is 0 Å². The van der Waals surface area contributed by atoms with Gasteiger partial charge in [0.05, 0.1) is 0 Å². The van der Waals surface area contributed by atoms with E-state index in [4.69, 9.17) is 0 Å². The van der Waals surface area contributed by atoms with Crippen molar-refractivity contribution in [3.8, 4) is 0 Å². The van der Waals surface area contributed by atoms with Gasteiger partial charge in [0.2, 0.25) is 0 Å². The van der Waals surface area contributed by atoms with Gasteiger partial charge in [-0.05, 0) is 22.7 Å². The fourth-order valence-electron chi connectivity index (χ4n) is 1.49. The molecule has 1 nitrogen and oxygen atoms in total. The molecule has 0 rings (SSSR count). The van der Waals surface area contributed by atoms with Crippen LogP contribution in [0.2, 0.25) is 0 Å². The third kappa shape index (κ3) is 4.67. The van der Waals surface area contributed by atoms with E-state index in [-0.39, 0.29) is 10.8 Å². The van der Waals surface area contributed by atoms with E-state index >= 15 is 0 Å². The lowest BCUT2D eigenvalue weighted by molar-refractivity contribution is -0.124. The lowest BCUT2D eigenvalue weighted by Crippen LogP contribution is -2.28. The highest BCUT2D eigenvalue weighted by atomic mass is 16.1. The molecule has 96 valence electrons. The molecular formula is C15H30O. The lowest BCUT2D eigenvalue weighted by Gasteiger charge is -2.32. The van der Waals surface area contributed by atoms with Gasteiger partial charge >= 0.3 is 0 Å². The molecule has 0 unspecified atom stereocenters. The minimum Gasteiger partial charge on any atom is -0.300 e. The molecule has 0 spiro atoms. The van der Waals surface area contributed by atoms with E-state index in [0.717, 1.165) is 0 Å². The molecule has 0 bridgehead atoms. The fourth-order valence-corrected chi connectivity index (χ4v) is 1.49.